The van der Waals surface area contributed by atoms with Crippen molar-refractivity contribution in [3.05, 3.63) is 12.2 Å². The summed E-state index contributed by atoms with van der Waals surface area (Å²) in [5.74, 6) is 1.77. The maximum absolute atomic E-state index is 11.8. The van der Waals surface area contributed by atoms with E-state index >= 15 is 0 Å². The molecule has 0 spiro atoms. The molecule has 2 atom stereocenters. The second kappa shape index (κ2) is 5.09. The van der Waals surface area contributed by atoms with Crippen LogP contribution in [0.25, 0.3) is 0 Å². The van der Waals surface area contributed by atoms with E-state index in [1.165, 1.54) is 19.2 Å². The van der Waals surface area contributed by atoms with Crippen LogP contribution >= 0.6 is 0 Å². The second-order valence-electron chi connectivity index (χ2n) is 4.49. The fraction of sp³-hybridized carbons (Fsp3) is 0.727. The zero-order valence-electron chi connectivity index (χ0n) is 9.57. The molecule has 2 rings (SSSR count). The number of amides is 1. The van der Waals surface area contributed by atoms with Crippen molar-refractivity contribution in [3.63, 3.8) is 0 Å². The zero-order valence-corrected chi connectivity index (χ0v) is 9.57. The number of hydrogen-bond donors (Lipinski definition) is 2. The quantitative estimate of drug-likeness (QED) is 0.795. The molecule has 88 valence electrons. The Morgan fingerprint density at radius 1 is 1.62 bits per heavy atom. The average molecular weight is 222 g/mol. The highest BCUT2D eigenvalue weighted by Crippen LogP contribution is 2.30. The van der Waals surface area contributed by atoms with Gasteiger partial charge in [0.2, 0.25) is 5.91 Å². The van der Waals surface area contributed by atoms with E-state index in [0.29, 0.717) is 18.9 Å². The Labute approximate surface area is 95.0 Å². The third-order valence-electron chi connectivity index (χ3n) is 3.32. The van der Waals surface area contributed by atoms with Crippen LogP contribution in [0.5, 0.6) is 0 Å². The number of nitrogens with one attached hydrogen (secondary N) is 2. The summed E-state index contributed by atoms with van der Waals surface area (Å²) in [6.07, 6.45) is 5.60. The largest absolute Gasteiger partial charge is 0.355 e. The molecule has 5 nitrogen and oxygen atoms in total. The van der Waals surface area contributed by atoms with Crippen molar-refractivity contribution in [1.29, 1.82) is 0 Å². The van der Waals surface area contributed by atoms with Gasteiger partial charge in [0, 0.05) is 18.9 Å². The topological polar surface area (TPSA) is 70.7 Å². The van der Waals surface area contributed by atoms with Gasteiger partial charge in [0.1, 0.15) is 12.2 Å². The van der Waals surface area contributed by atoms with E-state index in [1.54, 1.807) is 0 Å². The molecule has 1 heterocycles. The maximum Gasteiger partial charge on any atom is 0.223 e. The highest BCUT2D eigenvalue weighted by Gasteiger charge is 2.29. The fourth-order valence-corrected chi connectivity index (χ4v) is 2.32. The molecule has 1 aliphatic rings. The smallest absolute Gasteiger partial charge is 0.223 e. The number of hydrogen-bond acceptors (Lipinski definition) is 3. The van der Waals surface area contributed by atoms with Crippen molar-refractivity contribution in [2.24, 2.45) is 11.8 Å². The van der Waals surface area contributed by atoms with E-state index in [2.05, 4.69) is 27.4 Å². The Balaban J connectivity index is 1.71. The molecule has 0 aromatic carbocycles. The van der Waals surface area contributed by atoms with Gasteiger partial charge in [-0.2, -0.15) is 5.10 Å². The second-order valence-corrected chi connectivity index (χ2v) is 4.49. The summed E-state index contributed by atoms with van der Waals surface area (Å²) in [5.41, 5.74) is 0. The molecular formula is C11H18N4O. The first-order valence-electron chi connectivity index (χ1n) is 5.89. The summed E-state index contributed by atoms with van der Waals surface area (Å²) in [6.45, 7) is 2.80. The van der Waals surface area contributed by atoms with Crippen LogP contribution in [0, 0.1) is 11.8 Å². The van der Waals surface area contributed by atoms with Gasteiger partial charge in [-0.25, -0.2) is 4.98 Å². The molecule has 0 aliphatic heterocycles. The van der Waals surface area contributed by atoms with Gasteiger partial charge < -0.3 is 5.32 Å². The minimum Gasteiger partial charge on any atom is -0.355 e. The molecule has 1 aliphatic carbocycles. The molecule has 0 saturated heterocycles. The van der Waals surface area contributed by atoms with Gasteiger partial charge in [0.25, 0.3) is 0 Å². The van der Waals surface area contributed by atoms with E-state index < -0.39 is 0 Å². The van der Waals surface area contributed by atoms with Crippen LogP contribution < -0.4 is 5.32 Å². The van der Waals surface area contributed by atoms with Crippen LogP contribution in [-0.2, 0) is 11.2 Å². The first-order chi connectivity index (χ1) is 7.77. The number of aromatic amines is 1. The zero-order chi connectivity index (χ0) is 11.4. The molecule has 1 fully saturated rings. The summed E-state index contributed by atoms with van der Waals surface area (Å²) in [4.78, 5) is 15.8. The first-order valence-corrected chi connectivity index (χ1v) is 5.89. The first kappa shape index (κ1) is 11.1. The fourth-order valence-electron chi connectivity index (χ4n) is 2.32. The molecule has 1 amide bonds. The van der Waals surface area contributed by atoms with Gasteiger partial charge in [0.15, 0.2) is 0 Å². The Kier molecular flexibility index (Phi) is 3.54. The van der Waals surface area contributed by atoms with Crippen molar-refractivity contribution >= 4 is 5.91 Å². The van der Waals surface area contributed by atoms with Gasteiger partial charge in [-0.15, -0.1) is 0 Å². The minimum atomic E-state index is 0.199. The summed E-state index contributed by atoms with van der Waals surface area (Å²) < 4.78 is 0. The third-order valence-corrected chi connectivity index (χ3v) is 3.32. The highest BCUT2D eigenvalue weighted by molar-refractivity contribution is 5.79. The average Bonchev–Trinajstić information content (AvgIpc) is 2.88. The lowest BCUT2D eigenvalue weighted by Crippen LogP contribution is -2.33. The number of carbonyl (C=O) groups is 1. The van der Waals surface area contributed by atoms with E-state index in [0.717, 1.165) is 12.2 Å². The molecule has 2 N–H and O–H groups in total. The minimum absolute atomic E-state index is 0.199. The number of carbonyl (C=O) groups excluding carboxylic acids is 1. The molecule has 1 aromatic heterocycles. The molecular weight excluding hydrogens is 204 g/mol. The van der Waals surface area contributed by atoms with E-state index in [-0.39, 0.29) is 11.8 Å². The van der Waals surface area contributed by atoms with Crippen LogP contribution in [0.15, 0.2) is 6.33 Å². The Bertz CT molecular complexity index is 336. The van der Waals surface area contributed by atoms with E-state index in [9.17, 15) is 4.79 Å². The van der Waals surface area contributed by atoms with Crippen LogP contribution in [0.1, 0.15) is 32.0 Å². The number of rotatable bonds is 4. The number of H-pyrrole nitrogens is 1. The van der Waals surface area contributed by atoms with Gasteiger partial charge in [-0.1, -0.05) is 13.3 Å². The molecule has 16 heavy (non-hydrogen) atoms. The standard InChI is InChI=1S/C11H18N4O/c1-8-3-2-4-9(8)11(16)12-6-5-10-13-7-14-15-10/h7-9H,2-6H2,1H3,(H,12,16)(H,13,14,15). The number of aromatic nitrogens is 3. The lowest BCUT2D eigenvalue weighted by atomic mass is 9.97. The Morgan fingerprint density at radius 2 is 2.50 bits per heavy atom. The molecule has 0 bridgehead atoms. The van der Waals surface area contributed by atoms with Crippen LogP contribution in [0.4, 0.5) is 0 Å². The molecule has 5 heteroatoms. The van der Waals surface area contributed by atoms with E-state index in [1.807, 2.05) is 0 Å². The van der Waals surface area contributed by atoms with Crippen molar-refractivity contribution < 1.29 is 4.79 Å². The normalized spacial score (nSPS) is 24.6. The van der Waals surface area contributed by atoms with Crippen LogP contribution in [0.2, 0.25) is 0 Å². The summed E-state index contributed by atoms with van der Waals surface area (Å²) >= 11 is 0. The predicted octanol–water partition coefficient (Wildman–Crippen LogP) is 0.900. The SMILES string of the molecule is CC1CCCC1C(=O)NCCc1ncn[nH]1. The molecule has 1 saturated carbocycles. The summed E-state index contributed by atoms with van der Waals surface area (Å²) in [5, 5.41) is 9.50. The van der Waals surface area contributed by atoms with Crippen LogP contribution in [-0.4, -0.2) is 27.6 Å². The predicted molar refractivity (Wildman–Crippen MR) is 59.6 cm³/mol. The molecule has 2 unspecified atom stereocenters. The van der Waals surface area contributed by atoms with Crippen molar-refractivity contribution in [2.75, 3.05) is 6.54 Å². The summed E-state index contributed by atoms with van der Waals surface area (Å²) in [6, 6.07) is 0. The molecule has 0 radical (unpaired) electrons. The lowest BCUT2D eigenvalue weighted by Gasteiger charge is -2.14. The van der Waals surface area contributed by atoms with Gasteiger partial charge in [0.05, 0.1) is 0 Å². The van der Waals surface area contributed by atoms with Gasteiger partial charge in [-0.3, -0.25) is 9.89 Å². The number of nitrogens with zero attached hydrogens (tertiary/aromatic N) is 2. The Hall–Kier alpha value is -1.39. The maximum atomic E-state index is 11.8. The van der Waals surface area contributed by atoms with Crippen molar-refractivity contribution in [2.45, 2.75) is 32.6 Å². The van der Waals surface area contributed by atoms with E-state index in [4.69, 9.17) is 0 Å². The van der Waals surface area contributed by atoms with Crippen molar-refractivity contribution in [3.8, 4) is 0 Å². The molecule has 1 aromatic rings. The summed E-state index contributed by atoms with van der Waals surface area (Å²) in [7, 11) is 0. The third kappa shape index (κ3) is 2.59. The Morgan fingerprint density at radius 3 is 3.12 bits per heavy atom. The highest BCUT2D eigenvalue weighted by atomic mass is 16.1. The lowest BCUT2D eigenvalue weighted by molar-refractivity contribution is -0.125. The van der Waals surface area contributed by atoms with Gasteiger partial charge >= 0.3 is 0 Å². The van der Waals surface area contributed by atoms with Crippen molar-refractivity contribution in [1.82, 2.24) is 20.5 Å². The van der Waals surface area contributed by atoms with Crippen LogP contribution in [0.3, 0.4) is 0 Å². The monoisotopic (exact) mass is 222 g/mol. The van der Waals surface area contributed by atoms with Gasteiger partial charge in [-0.05, 0) is 18.8 Å².